The number of ether oxygens (including phenoxy) is 1. The maximum absolute atomic E-state index is 11.7. The average Bonchev–Trinajstić information content (AvgIpc) is 2.78. The number of rotatable bonds is 5. The fourth-order valence-corrected chi connectivity index (χ4v) is 1.94. The number of hydrogen-bond donors (Lipinski definition) is 1. The van der Waals surface area contributed by atoms with E-state index in [0.29, 0.717) is 6.42 Å². The molecule has 0 aromatic carbocycles. The van der Waals surface area contributed by atoms with Crippen molar-refractivity contribution in [3.05, 3.63) is 0 Å². The van der Waals surface area contributed by atoms with Crippen molar-refractivity contribution >= 4 is 5.91 Å². The second kappa shape index (κ2) is 6.49. The van der Waals surface area contributed by atoms with Gasteiger partial charge in [0.15, 0.2) is 0 Å². The number of nitrogens with one attached hydrogen (secondary N) is 1. The molecule has 0 spiro atoms. The number of amides is 1. The Hall–Kier alpha value is -1.08. The Morgan fingerprint density at radius 2 is 2.19 bits per heavy atom. The van der Waals surface area contributed by atoms with Crippen LogP contribution in [0.2, 0.25) is 0 Å². The van der Waals surface area contributed by atoms with E-state index in [4.69, 9.17) is 10.00 Å². The van der Waals surface area contributed by atoms with Gasteiger partial charge in [-0.25, -0.2) is 0 Å². The summed E-state index contributed by atoms with van der Waals surface area (Å²) < 4.78 is 5.75. The summed E-state index contributed by atoms with van der Waals surface area (Å²) in [5.74, 6) is -0.163. The highest BCUT2D eigenvalue weighted by molar-refractivity contribution is 5.81. The first kappa shape index (κ1) is 13.0. The van der Waals surface area contributed by atoms with Crippen molar-refractivity contribution in [3.63, 3.8) is 0 Å². The van der Waals surface area contributed by atoms with E-state index in [-0.39, 0.29) is 12.0 Å². The zero-order valence-corrected chi connectivity index (χ0v) is 10.0. The van der Waals surface area contributed by atoms with Crippen LogP contribution in [-0.2, 0) is 9.53 Å². The van der Waals surface area contributed by atoms with E-state index in [1.165, 1.54) is 12.8 Å². The maximum Gasteiger partial charge on any atom is 0.250 e. The minimum absolute atomic E-state index is 0.163. The molecule has 2 atom stereocenters. The van der Waals surface area contributed by atoms with Crippen LogP contribution in [0.15, 0.2) is 0 Å². The third-order valence-corrected chi connectivity index (χ3v) is 2.87. The van der Waals surface area contributed by atoms with Gasteiger partial charge in [0.1, 0.15) is 12.1 Å². The lowest BCUT2D eigenvalue weighted by atomic mass is 10.2. The largest absolute Gasteiger partial charge is 0.365 e. The van der Waals surface area contributed by atoms with Gasteiger partial charge < -0.3 is 10.1 Å². The molecular formula is C12H20N2O2. The van der Waals surface area contributed by atoms with Crippen molar-refractivity contribution in [2.45, 2.75) is 64.2 Å². The minimum Gasteiger partial charge on any atom is -0.365 e. The lowest BCUT2D eigenvalue weighted by Gasteiger charge is -2.20. The molecule has 1 N–H and O–H groups in total. The highest BCUT2D eigenvalue weighted by Gasteiger charge is 2.24. The summed E-state index contributed by atoms with van der Waals surface area (Å²) in [6, 6.07) is 1.53. The van der Waals surface area contributed by atoms with Crippen LogP contribution in [0.5, 0.6) is 0 Å². The predicted molar refractivity (Wildman–Crippen MR) is 60.6 cm³/mol. The molecule has 16 heavy (non-hydrogen) atoms. The van der Waals surface area contributed by atoms with Crippen molar-refractivity contribution < 1.29 is 9.53 Å². The van der Waals surface area contributed by atoms with Gasteiger partial charge in [-0.2, -0.15) is 5.26 Å². The highest BCUT2D eigenvalue weighted by atomic mass is 16.5. The molecule has 4 nitrogen and oxygen atoms in total. The summed E-state index contributed by atoms with van der Waals surface area (Å²) >= 11 is 0. The molecule has 0 heterocycles. The fourth-order valence-electron chi connectivity index (χ4n) is 1.94. The molecule has 1 aliphatic carbocycles. The lowest BCUT2D eigenvalue weighted by Crippen LogP contribution is -2.41. The maximum atomic E-state index is 11.7. The van der Waals surface area contributed by atoms with E-state index >= 15 is 0 Å². The van der Waals surface area contributed by atoms with Crippen molar-refractivity contribution in [1.82, 2.24) is 5.32 Å². The Kier molecular flexibility index (Phi) is 5.27. The van der Waals surface area contributed by atoms with Gasteiger partial charge in [-0.3, -0.25) is 4.79 Å². The Labute approximate surface area is 97.0 Å². The number of carbonyl (C=O) groups is 1. The molecule has 0 unspecified atom stereocenters. The van der Waals surface area contributed by atoms with Crippen molar-refractivity contribution in [2.75, 3.05) is 0 Å². The molecule has 0 aromatic heterocycles. The summed E-state index contributed by atoms with van der Waals surface area (Å²) in [5.41, 5.74) is 0. The Morgan fingerprint density at radius 1 is 1.56 bits per heavy atom. The van der Waals surface area contributed by atoms with Crippen LogP contribution in [0.25, 0.3) is 0 Å². The average molecular weight is 224 g/mol. The fraction of sp³-hybridized carbons (Fsp3) is 0.833. The third-order valence-electron chi connectivity index (χ3n) is 2.87. The van der Waals surface area contributed by atoms with Gasteiger partial charge in [0.25, 0.3) is 0 Å². The zero-order valence-electron chi connectivity index (χ0n) is 10.0. The van der Waals surface area contributed by atoms with E-state index in [2.05, 4.69) is 5.32 Å². The van der Waals surface area contributed by atoms with Crippen molar-refractivity contribution in [2.24, 2.45) is 0 Å². The van der Waals surface area contributed by atoms with Crippen molar-refractivity contribution in [1.29, 1.82) is 5.26 Å². The zero-order chi connectivity index (χ0) is 12.0. The summed E-state index contributed by atoms with van der Waals surface area (Å²) in [7, 11) is 0. The van der Waals surface area contributed by atoms with Gasteiger partial charge in [-0.15, -0.1) is 0 Å². The lowest BCUT2D eigenvalue weighted by molar-refractivity contribution is -0.137. The summed E-state index contributed by atoms with van der Waals surface area (Å²) in [5, 5.41) is 11.2. The molecule has 1 fully saturated rings. The SMILES string of the molecule is CC[C@H](OC1CCCC1)C(=O)N[C@H](C)C#N. The minimum atomic E-state index is -0.450. The van der Waals surface area contributed by atoms with Crippen LogP contribution >= 0.6 is 0 Å². The number of nitrogens with zero attached hydrogens (tertiary/aromatic N) is 1. The smallest absolute Gasteiger partial charge is 0.250 e. The molecule has 0 radical (unpaired) electrons. The molecule has 90 valence electrons. The summed E-state index contributed by atoms with van der Waals surface area (Å²) in [6.07, 6.45) is 4.97. The normalized spacial score (nSPS) is 20.1. The van der Waals surface area contributed by atoms with Crippen molar-refractivity contribution in [3.8, 4) is 6.07 Å². The van der Waals surface area contributed by atoms with E-state index in [1.807, 2.05) is 13.0 Å². The first-order valence-corrected chi connectivity index (χ1v) is 6.02. The number of nitriles is 1. The van der Waals surface area contributed by atoms with E-state index in [9.17, 15) is 4.79 Å². The van der Waals surface area contributed by atoms with E-state index < -0.39 is 12.1 Å². The Bertz CT molecular complexity index is 267. The summed E-state index contributed by atoms with van der Waals surface area (Å²) in [4.78, 5) is 11.7. The van der Waals surface area contributed by atoms with Crippen LogP contribution < -0.4 is 5.32 Å². The topological polar surface area (TPSA) is 62.1 Å². The number of hydrogen-bond acceptors (Lipinski definition) is 3. The molecular weight excluding hydrogens is 204 g/mol. The molecule has 0 bridgehead atoms. The standard InChI is InChI=1S/C12H20N2O2/c1-3-11(12(15)14-9(2)8-13)16-10-6-4-5-7-10/h9-11H,3-7H2,1-2H3,(H,14,15)/t9-,11+/m1/s1. The van der Waals surface area contributed by atoms with E-state index in [1.54, 1.807) is 6.92 Å². The second-order valence-electron chi connectivity index (χ2n) is 4.30. The van der Waals surface area contributed by atoms with Gasteiger partial charge >= 0.3 is 0 Å². The van der Waals surface area contributed by atoms with Gasteiger partial charge in [0.2, 0.25) is 5.91 Å². The quantitative estimate of drug-likeness (QED) is 0.774. The molecule has 1 rings (SSSR count). The molecule has 0 saturated heterocycles. The number of carbonyl (C=O) groups excluding carboxylic acids is 1. The highest BCUT2D eigenvalue weighted by Crippen LogP contribution is 2.22. The van der Waals surface area contributed by atoms with Gasteiger partial charge in [-0.05, 0) is 26.2 Å². The van der Waals surface area contributed by atoms with Gasteiger partial charge in [0, 0.05) is 0 Å². The molecule has 0 aliphatic heterocycles. The second-order valence-corrected chi connectivity index (χ2v) is 4.30. The first-order chi connectivity index (χ1) is 7.67. The Balaban J connectivity index is 2.40. The van der Waals surface area contributed by atoms with Gasteiger partial charge in [0.05, 0.1) is 12.2 Å². The van der Waals surface area contributed by atoms with Crippen LogP contribution in [0, 0.1) is 11.3 Å². The molecule has 1 aliphatic rings. The molecule has 1 saturated carbocycles. The Morgan fingerprint density at radius 3 is 2.69 bits per heavy atom. The van der Waals surface area contributed by atoms with E-state index in [0.717, 1.165) is 12.8 Å². The molecule has 1 amide bonds. The van der Waals surface area contributed by atoms with Crippen LogP contribution in [-0.4, -0.2) is 24.2 Å². The third kappa shape index (κ3) is 3.82. The summed E-state index contributed by atoms with van der Waals surface area (Å²) in [6.45, 7) is 3.59. The van der Waals surface area contributed by atoms with Crippen LogP contribution in [0.1, 0.15) is 46.0 Å². The van der Waals surface area contributed by atoms with Crippen LogP contribution in [0.4, 0.5) is 0 Å². The van der Waals surface area contributed by atoms with Crippen LogP contribution in [0.3, 0.4) is 0 Å². The molecule has 0 aromatic rings. The monoisotopic (exact) mass is 224 g/mol. The van der Waals surface area contributed by atoms with Gasteiger partial charge in [-0.1, -0.05) is 19.8 Å². The first-order valence-electron chi connectivity index (χ1n) is 6.02. The predicted octanol–water partition coefficient (Wildman–Crippen LogP) is 1.75. The molecule has 4 heteroatoms.